The first-order chi connectivity index (χ1) is 8.73. The number of hydrogen-bond acceptors (Lipinski definition) is 7. The number of hydrogen-bond donors (Lipinski definition) is 4. The van der Waals surface area contributed by atoms with Gasteiger partial charge in [0.1, 0.15) is 12.1 Å². The number of phosphoric acid groups is 1. The van der Waals surface area contributed by atoms with E-state index in [1.165, 1.54) is 6.92 Å². The van der Waals surface area contributed by atoms with Gasteiger partial charge in [0, 0.05) is 0 Å². The summed E-state index contributed by atoms with van der Waals surface area (Å²) >= 11 is 0. The van der Waals surface area contributed by atoms with E-state index in [9.17, 15) is 19.0 Å². The van der Waals surface area contributed by atoms with E-state index < -0.39 is 37.9 Å². The number of aliphatic carboxylic acids is 1. The Morgan fingerprint density at radius 3 is 2.63 bits per heavy atom. The molecule has 0 saturated carbocycles. The van der Waals surface area contributed by atoms with Crippen LogP contribution in [-0.2, 0) is 23.2 Å². The topological polar surface area (TPSA) is 148 Å². The third kappa shape index (κ3) is 4.88. The van der Waals surface area contributed by atoms with E-state index in [1.54, 1.807) is 0 Å². The molecule has 0 spiro atoms. The van der Waals surface area contributed by atoms with Crippen molar-refractivity contribution in [3.05, 3.63) is 0 Å². The van der Waals surface area contributed by atoms with Crippen LogP contribution in [0.25, 0.3) is 0 Å². The van der Waals surface area contributed by atoms with Crippen LogP contribution < -0.4 is 11.1 Å². The molecule has 0 aliphatic carbocycles. The van der Waals surface area contributed by atoms with Crippen molar-refractivity contribution in [1.29, 1.82) is 0 Å². The Hall–Kier alpha value is -0.990. The molecular weight excluding hydrogens is 279 g/mol. The fourth-order valence-corrected chi connectivity index (χ4v) is 2.51. The third-order valence-corrected chi connectivity index (χ3v) is 3.65. The van der Waals surface area contributed by atoms with Crippen LogP contribution in [0.2, 0.25) is 0 Å². The van der Waals surface area contributed by atoms with E-state index in [-0.39, 0.29) is 0 Å². The first-order valence-electron chi connectivity index (χ1n) is 5.69. The lowest BCUT2D eigenvalue weighted by Gasteiger charge is -2.20. The van der Waals surface area contributed by atoms with Gasteiger partial charge in [-0.05, 0) is 26.3 Å². The Bertz CT molecular complexity index is 396. The summed E-state index contributed by atoms with van der Waals surface area (Å²) in [5, 5.41) is 11.4. The van der Waals surface area contributed by atoms with E-state index >= 15 is 0 Å². The molecule has 1 rings (SSSR count). The highest BCUT2D eigenvalue weighted by molar-refractivity contribution is 7.48. The standard InChI is InChI=1S/C9H17N2O7P/c1-5(7(10)8(12)13)17-19(15,16)18-9(14)6-3-2-4-11-6/h5-7,11H,2-4,10H2,1H3,(H,12,13)(H,15,16)/t5-,6+,7+/m1/s1. The van der Waals surface area contributed by atoms with Crippen molar-refractivity contribution >= 4 is 19.8 Å². The Kier molecular flexibility index (Phi) is 5.45. The number of nitrogens with two attached hydrogens (primary N) is 1. The molecule has 0 bridgehead atoms. The normalized spacial score (nSPS) is 25.3. The van der Waals surface area contributed by atoms with Crippen LogP contribution >= 0.6 is 7.82 Å². The van der Waals surface area contributed by atoms with Crippen molar-refractivity contribution in [2.24, 2.45) is 5.73 Å². The van der Waals surface area contributed by atoms with Gasteiger partial charge in [-0.25, -0.2) is 9.36 Å². The average Bonchev–Trinajstić information content (AvgIpc) is 2.79. The molecule has 1 aliphatic rings. The first kappa shape index (κ1) is 16.1. The molecule has 0 amide bonds. The van der Waals surface area contributed by atoms with Crippen LogP contribution in [0.3, 0.4) is 0 Å². The number of phosphoric ester groups is 1. The van der Waals surface area contributed by atoms with Crippen LogP contribution in [0.15, 0.2) is 0 Å². The fraction of sp³-hybridized carbons (Fsp3) is 0.778. The highest BCUT2D eigenvalue weighted by atomic mass is 31.2. The van der Waals surface area contributed by atoms with Crippen molar-refractivity contribution in [1.82, 2.24) is 5.32 Å². The zero-order chi connectivity index (χ0) is 14.6. The molecule has 19 heavy (non-hydrogen) atoms. The number of nitrogens with one attached hydrogen (secondary N) is 1. The van der Waals surface area contributed by atoms with Gasteiger partial charge in [0.15, 0.2) is 0 Å². The highest BCUT2D eigenvalue weighted by Crippen LogP contribution is 2.45. The first-order valence-corrected chi connectivity index (χ1v) is 7.19. The maximum Gasteiger partial charge on any atom is 0.529 e. The molecule has 1 unspecified atom stereocenters. The zero-order valence-electron chi connectivity index (χ0n) is 10.3. The summed E-state index contributed by atoms with van der Waals surface area (Å²) in [6.07, 6.45) is -0.0164. The lowest BCUT2D eigenvalue weighted by molar-refractivity contribution is -0.141. The van der Waals surface area contributed by atoms with Crippen molar-refractivity contribution in [2.75, 3.05) is 6.54 Å². The van der Waals surface area contributed by atoms with E-state index in [0.717, 1.165) is 6.42 Å². The Labute approximate surface area is 109 Å². The average molecular weight is 296 g/mol. The van der Waals surface area contributed by atoms with Crippen LogP contribution in [-0.4, -0.2) is 46.7 Å². The quantitative estimate of drug-likeness (QED) is 0.462. The minimum absolute atomic E-state index is 0.503. The number of carboxylic acids is 1. The van der Waals surface area contributed by atoms with E-state index in [0.29, 0.717) is 13.0 Å². The fourth-order valence-electron chi connectivity index (χ4n) is 1.56. The second-order valence-electron chi connectivity index (χ2n) is 4.20. The Morgan fingerprint density at radius 2 is 2.16 bits per heavy atom. The summed E-state index contributed by atoms with van der Waals surface area (Å²) in [6.45, 7) is 1.82. The van der Waals surface area contributed by atoms with Gasteiger partial charge in [-0.3, -0.25) is 14.2 Å². The van der Waals surface area contributed by atoms with E-state index in [1.807, 2.05) is 0 Å². The highest BCUT2D eigenvalue weighted by Gasteiger charge is 2.36. The summed E-state index contributed by atoms with van der Waals surface area (Å²) in [7, 11) is -4.68. The third-order valence-electron chi connectivity index (χ3n) is 2.64. The summed E-state index contributed by atoms with van der Waals surface area (Å²) in [5.41, 5.74) is 5.21. The lowest BCUT2D eigenvalue weighted by atomic mass is 10.2. The number of carbonyl (C=O) groups is 2. The minimum Gasteiger partial charge on any atom is -0.480 e. The maximum atomic E-state index is 11.5. The molecule has 1 aliphatic heterocycles. The van der Waals surface area contributed by atoms with Gasteiger partial charge in [0.2, 0.25) is 0 Å². The molecule has 0 aromatic heterocycles. The Morgan fingerprint density at radius 1 is 1.53 bits per heavy atom. The summed E-state index contributed by atoms with van der Waals surface area (Å²) in [4.78, 5) is 31.4. The molecule has 9 nitrogen and oxygen atoms in total. The monoisotopic (exact) mass is 296 g/mol. The van der Waals surface area contributed by atoms with Gasteiger partial charge >= 0.3 is 19.8 Å². The number of rotatable bonds is 6. The molecule has 4 atom stereocenters. The maximum absolute atomic E-state index is 11.5. The van der Waals surface area contributed by atoms with Gasteiger partial charge in [0.25, 0.3) is 0 Å². The summed E-state index contributed by atoms with van der Waals surface area (Å²) in [5.74, 6) is -2.30. The lowest BCUT2D eigenvalue weighted by Crippen LogP contribution is -2.41. The van der Waals surface area contributed by atoms with E-state index in [4.69, 9.17) is 10.8 Å². The molecule has 0 aromatic rings. The van der Waals surface area contributed by atoms with Crippen molar-refractivity contribution < 1.29 is 33.2 Å². The van der Waals surface area contributed by atoms with Crippen LogP contribution in [0.1, 0.15) is 19.8 Å². The van der Waals surface area contributed by atoms with Gasteiger partial charge in [-0.2, -0.15) is 0 Å². The summed E-state index contributed by atoms with van der Waals surface area (Å²) < 4.78 is 20.4. The van der Waals surface area contributed by atoms with Crippen molar-refractivity contribution in [3.63, 3.8) is 0 Å². The molecule has 1 heterocycles. The second-order valence-corrected chi connectivity index (χ2v) is 5.53. The molecule has 10 heteroatoms. The van der Waals surface area contributed by atoms with Gasteiger partial charge < -0.3 is 20.7 Å². The van der Waals surface area contributed by atoms with Crippen LogP contribution in [0, 0.1) is 0 Å². The predicted octanol–water partition coefficient (Wildman–Crippen LogP) is -0.801. The molecular formula is C9H17N2O7P. The predicted molar refractivity (Wildman–Crippen MR) is 63.1 cm³/mol. The zero-order valence-corrected chi connectivity index (χ0v) is 11.2. The van der Waals surface area contributed by atoms with Crippen LogP contribution in [0.5, 0.6) is 0 Å². The van der Waals surface area contributed by atoms with Crippen LogP contribution in [0.4, 0.5) is 0 Å². The molecule has 1 fully saturated rings. The Balaban J connectivity index is 2.53. The smallest absolute Gasteiger partial charge is 0.480 e. The molecule has 5 N–H and O–H groups in total. The second kappa shape index (κ2) is 6.44. The van der Waals surface area contributed by atoms with Crippen molar-refractivity contribution in [2.45, 2.75) is 38.0 Å². The van der Waals surface area contributed by atoms with Gasteiger partial charge in [-0.15, -0.1) is 0 Å². The minimum atomic E-state index is -4.68. The number of carboxylic acid groups (broad SMARTS) is 1. The number of carbonyl (C=O) groups excluding carboxylic acids is 1. The van der Waals surface area contributed by atoms with Gasteiger partial charge in [-0.1, -0.05) is 0 Å². The van der Waals surface area contributed by atoms with Gasteiger partial charge in [0.05, 0.1) is 6.10 Å². The molecule has 0 radical (unpaired) electrons. The van der Waals surface area contributed by atoms with E-state index in [2.05, 4.69) is 14.4 Å². The summed E-state index contributed by atoms with van der Waals surface area (Å²) in [6, 6.07) is -2.14. The largest absolute Gasteiger partial charge is 0.529 e. The molecule has 110 valence electrons. The molecule has 1 saturated heterocycles. The van der Waals surface area contributed by atoms with Crippen molar-refractivity contribution in [3.8, 4) is 0 Å². The molecule has 0 aromatic carbocycles. The SMILES string of the molecule is C[C@@H](OP(=O)(O)OC(=O)[C@@H]1CCCN1)[C@H](N)C(=O)O.